The molecule has 98 valence electrons. The van der Waals surface area contributed by atoms with Gasteiger partial charge in [-0.1, -0.05) is 12.1 Å². The van der Waals surface area contributed by atoms with Gasteiger partial charge < -0.3 is 14.7 Å². The zero-order chi connectivity index (χ0) is 13.0. The van der Waals surface area contributed by atoms with Crippen molar-refractivity contribution in [3.05, 3.63) is 29.8 Å². The first-order valence-electron chi connectivity index (χ1n) is 6.30. The van der Waals surface area contributed by atoms with Crippen LogP contribution in [0.3, 0.4) is 0 Å². The first-order valence-corrected chi connectivity index (χ1v) is 6.30. The maximum Gasteiger partial charge on any atom is 0.309 e. The molecule has 1 saturated heterocycles. The lowest BCUT2D eigenvalue weighted by Crippen LogP contribution is -2.50. The molecule has 2 rings (SSSR count). The van der Waals surface area contributed by atoms with Gasteiger partial charge in [-0.05, 0) is 31.0 Å². The maximum atomic E-state index is 10.6. The minimum Gasteiger partial charge on any atom is -0.494 e. The Hall–Kier alpha value is -1.55. The van der Waals surface area contributed by atoms with Crippen molar-refractivity contribution < 1.29 is 14.6 Å². The summed E-state index contributed by atoms with van der Waals surface area (Å²) in [5.74, 6) is 0.0620. The Morgan fingerprint density at radius 2 is 2.28 bits per heavy atom. The molecule has 0 saturated carbocycles. The second-order valence-electron chi connectivity index (χ2n) is 4.81. The van der Waals surface area contributed by atoms with Gasteiger partial charge in [0.25, 0.3) is 0 Å². The number of benzene rings is 1. The van der Waals surface area contributed by atoms with Crippen LogP contribution in [0.15, 0.2) is 24.3 Å². The molecule has 1 aliphatic rings. The predicted molar refractivity (Wildman–Crippen MR) is 68.9 cm³/mol. The van der Waals surface area contributed by atoms with E-state index < -0.39 is 5.97 Å². The van der Waals surface area contributed by atoms with Crippen molar-refractivity contribution in [3.8, 4) is 5.75 Å². The summed E-state index contributed by atoms with van der Waals surface area (Å²) in [6.07, 6.45) is 0.931. The second-order valence-corrected chi connectivity index (χ2v) is 4.81. The molecule has 0 radical (unpaired) electrons. The molecule has 1 aromatic rings. The van der Waals surface area contributed by atoms with E-state index in [1.165, 1.54) is 5.56 Å². The fraction of sp³-hybridized carbons (Fsp3) is 0.500. The van der Waals surface area contributed by atoms with E-state index in [4.69, 9.17) is 9.84 Å². The number of aryl methyl sites for hydroxylation is 1. The van der Waals surface area contributed by atoms with E-state index in [1.807, 2.05) is 31.2 Å². The van der Waals surface area contributed by atoms with Crippen molar-refractivity contribution in [1.82, 2.24) is 4.90 Å². The van der Waals surface area contributed by atoms with Crippen LogP contribution in [0.2, 0.25) is 0 Å². The third-order valence-corrected chi connectivity index (χ3v) is 3.18. The average molecular weight is 249 g/mol. The maximum absolute atomic E-state index is 10.6. The van der Waals surface area contributed by atoms with Gasteiger partial charge in [-0.2, -0.15) is 0 Å². The summed E-state index contributed by atoms with van der Waals surface area (Å²) in [6.45, 7) is 4.99. The summed E-state index contributed by atoms with van der Waals surface area (Å²) in [7, 11) is 0. The largest absolute Gasteiger partial charge is 0.494 e. The van der Waals surface area contributed by atoms with Crippen molar-refractivity contribution in [2.75, 3.05) is 26.2 Å². The topological polar surface area (TPSA) is 49.8 Å². The highest BCUT2D eigenvalue weighted by Crippen LogP contribution is 2.16. The van der Waals surface area contributed by atoms with E-state index in [2.05, 4.69) is 4.90 Å². The molecule has 1 fully saturated rings. The van der Waals surface area contributed by atoms with Crippen LogP contribution in [0.25, 0.3) is 0 Å². The van der Waals surface area contributed by atoms with E-state index in [0.29, 0.717) is 19.7 Å². The molecule has 0 unspecified atom stereocenters. The summed E-state index contributed by atoms with van der Waals surface area (Å²) >= 11 is 0. The van der Waals surface area contributed by atoms with Crippen molar-refractivity contribution in [1.29, 1.82) is 0 Å². The molecule has 18 heavy (non-hydrogen) atoms. The summed E-state index contributed by atoms with van der Waals surface area (Å²) in [4.78, 5) is 12.8. The zero-order valence-corrected chi connectivity index (χ0v) is 10.6. The minimum absolute atomic E-state index is 0.164. The van der Waals surface area contributed by atoms with E-state index in [9.17, 15) is 4.79 Å². The molecular formula is C14H19NO3. The van der Waals surface area contributed by atoms with Crippen LogP contribution in [0.4, 0.5) is 0 Å². The highest BCUT2D eigenvalue weighted by molar-refractivity contribution is 5.71. The molecule has 0 aliphatic carbocycles. The zero-order valence-electron chi connectivity index (χ0n) is 10.6. The number of carboxylic acid groups (broad SMARTS) is 1. The molecule has 4 nitrogen and oxygen atoms in total. The van der Waals surface area contributed by atoms with Crippen LogP contribution in [-0.4, -0.2) is 42.2 Å². The Balaban J connectivity index is 1.59. The Bertz CT molecular complexity index is 413. The first-order chi connectivity index (χ1) is 8.65. The number of rotatable bonds is 6. The molecular weight excluding hydrogens is 230 g/mol. The van der Waals surface area contributed by atoms with Gasteiger partial charge in [-0.15, -0.1) is 0 Å². The van der Waals surface area contributed by atoms with Crippen molar-refractivity contribution in [2.24, 2.45) is 5.92 Å². The van der Waals surface area contributed by atoms with E-state index in [-0.39, 0.29) is 5.92 Å². The van der Waals surface area contributed by atoms with Gasteiger partial charge in [0.05, 0.1) is 12.5 Å². The van der Waals surface area contributed by atoms with Crippen LogP contribution >= 0.6 is 0 Å². The third kappa shape index (κ3) is 3.47. The molecule has 1 aromatic carbocycles. The molecule has 0 atom stereocenters. The van der Waals surface area contributed by atoms with E-state index >= 15 is 0 Å². The second kappa shape index (κ2) is 5.87. The van der Waals surface area contributed by atoms with E-state index in [0.717, 1.165) is 18.7 Å². The number of nitrogens with zero attached hydrogens (tertiary/aromatic N) is 1. The lowest BCUT2D eigenvalue weighted by atomic mass is 10.0. The fourth-order valence-corrected chi connectivity index (χ4v) is 2.09. The Kier molecular flexibility index (Phi) is 4.20. The Morgan fingerprint density at radius 1 is 1.50 bits per heavy atom. The molecule has 4 heteroatoms. The smallest absolute Gasteiger partial charge is 0.309 e. The van der Waals surface area contributed by atoms with Gasteiger partial charge >= 0.3 is 5.97 Å². The molecule has 1 aliphatic heterocycles. The summed E-state index contributed by atoms with van der Waals surface area (Å²) in [6, 6.07) is 8.00. The predicted octanol–water partition coefficient (Wildman–Crippen LogP) is 1.78. The summed E-state index contributed by atoms with van der Waals surface area (Å²) < 4.78 is 5.64. The molecule has 0 spiro atoms. The standard InChI is InChI=1S/C14H19NO3/c1-11-4-2-5-13(8-11)18-7-3-6-15-9-12(10-15)14(16)17/h2,4-5,8,12H,3,6-7,9-10H2,1H3,(H,16,17). The van der Waals surface area contributed by atoms with Crippen LogP contribution in [0.5, 0.6) is 5.75 Å². The quantitative estimate of drug-likeness (QED) is 0.781. The monoisotopic (exact) mass is 249 g/mol. The van der Waals surface area contributed by atoms with Crippen LogP contribution in [0.1, 0.15) is 12.0 Å². The summed E-state index contributed by atoms with van der Waals surface area (Å²) in [5, 5.41) is 8.75. The van der Waals surface area contributed by atoms with Gasteiger partial charge in [0, 0.05) is 19.6 Å². The normalized spacial score (nSPS) is 16.3. The number of hydrogen-bond acceptors (Lipinski definition) is 3. The van der Waals surface area contributed by atoms with Crippen LogP contribution < -0.4 is 4.74 Å². The molecule has 0 bridgehead atoms. The highest BCUT2D eigenvalue weighted by Gasteiger charge is 2.31. The van der Waals surface area contributed by atoms with Crippen LogP contribution in [0, 0.1) is 12.8 Å². The fourth-order valence-electron chi connectivity index (χ4n) is 2.09. The van der Waals surface area contributed by atoms with Gasteiger partial charge in [-0.25, -0.2) is 0 Å². The summed E-state index contributed by atoms with van der Waals surface area (Å²) in [5.41, 5.74) is 1.19. The molecule has 1 heterocycles. The van der Waals surface area contributed by atoms with Gasteiger partial charge in [0.15, 0.2) is 0 Å². The lowest BCUT2D eigenvalue weighted by molar-refractivity contribution is -0.147. The van der Waals surface area contributed by atoms with Crippen molar-refractivity contribution >= 4 is 5.97 Å². The van der Waals surface area contributed by atoms with Crippen molar-refractivity contribution in [2.45, 2.75) is 13.3 Å². The number of carbonyl (C=O) groups is 1. The number of ether oxygens (including phenoxy) is 1. The van der Waals surface area contributed by atoms with Crippen molar-refractivity contribution in [3.63, 3.8) is 0 Å². The Morgan fingerprint density at radius 3 is 2.94 bits per heavy atom. The number of aliphatic carboxylic acids is 1. The van der Waals surface area contributed by atoms with Gasteiger partial charge in [0.2, 0.25) is 0 Å². The first kappa shape index (κ1) is 12.9. The average Bonchev–Trinajstić information content (AvgIpc) is 2.25. The third-order valence-electron chi connectivity index (χ3n) is 3.18. The van der Waals surface area contributed by atoms with Crippen LogP contribution in [-0.2, 0) is 4.79 Å². The molecule has 0 aromatic heterocycles. The van der Waals surface area contributed by atoms with E-state index in [1.54, 1.807) is 0 Å². The minimum atomic E-state index is -0.678. The molecule has 1 N–H and O–H groups in total. The number of carboxylic acids is 1. The number of hydrogen-bond donors (Lipinski definition) is 1. The molecule has 0 amide bonds. The lowest BCUT2D eigenvalue weighted by Gasteiger charge is -2.36. The Labute approximate surface area is 107 Å². The highest BCUT2D eigenvalue weighted by atomic mass is 16.5. The van der Waals surface area contributed by atoms with Gasteiger partial charge in [-0.3, -0.25) is 4.79 Å². The number of likely N-dealkylation sites (tertiary alicyclic amines) is 1. The van der Waals surface area contributed by atoms with Gasteiger partial charge in [0.1, 0.15) is 5.75 Å². The SMILES string of the molecule is Cc1cccc(OCCCN2CC(C(=O)O)C2)c1.